The number of hydrogen-bond acceptors (Lipinski definition) is 5. The lowest BCUT2D eigenvalue weighted by molar-refractivity contribution is -0.147. The minimum atomic E-state index is -0.482. The minimum Gasteiger partial charge on any atom is -0.379 e. The molecule has 2 atom stereocenters. The summed E-state index contributed by atoms with van der Waals surface area (Å²) in [5.41, 5.74) is 0. The maximum Gasteiger partial charge on any atom is 0.311 e. The van der Waals surface area contributed by atoms with Crippen LogP contribution in [0.1, 0.15) is 37.1 Å². The maximum absolute atomic E-state index is 12.5. The number of thiophene rings is 1. The van der Waals surface area contributed by atoms with Crippen molar-refractivity contribution >= 4 is 23.2 Å². The van der Waals surface area contributed by atoms with E-state index in [0.717, 1.165) is 32.4 Å². The highest BCUT2D eigenvalue weighted by Crippen LogP contribution is 2.29. The predicted molar refractivity (Wildman–Crippen MR) is 97.5 cm³/mol. The van der Waals surface area contributed by atoms with Gasteiger partial charge >= 0.3 is 11.8 Å². The molecule has 25 heavy (non-hydrogen) atoms. The summed E-state index contributed by atoms with van der Waals surface area (Å²) in [6.45, 7) is 6.45. The number of carbonyl (C=O) groups excluding carboxylic acids is 2. The van der Waals surface area contributed by atoms with Gasteiger partial charge in [0.2, 0.25) is 0 Å². The SMILES string of the molecule is C[C@@H](NC(=O)C(=O)N1CCCCC1)[C@H](c1cccs1)N1CCOCC1. The molecule has 1 aromatic rings. The van der Waals surface area contributed by atoms with E-state index in [4.69, 9.17) is 4.74 Å². The zero-order chi connectivity index (χ0) is 17.6. The van der Waals surface area contributed by atoms with Crippen LogP contribution in [0, 0.1) is 0 Å². The largest absolute Gasteiger partial charge is 0.379 e. The van der Waals surface area contributed by atoms with Gasteiger partial charge in [-0.3, -0.25) is 14.5 Å². The molecule has 2 saturated heterocycles. The molecule has 0 unspecified atom stereocenters. The first kappa shape index (κ1) is 18.4. The molecule has 2 aliphatic rings. The van der Waals surface area contributed by atoms with E-state index in [-0.39, 0.29) is 12.1 Å². The Bertz CT molecular complexity index is 566. The van der Waals surface area contributed by atoms with Crippen LogP contribution in [-0.2, 0) is 14.3 Å². The molecule has 3 heterocycles. The first-order valence-electron chi connectivity index (χ1n) is 9.12. The van der Waals surface area contributed by atoms with Crippen molar-refractivity contribution in [3.8, 4) is 0 Å². The number of rotatable bonds is 4. The smallest absolute Gasteiger partial charge is 0.311 e. The van der Waals surface area contributed by atoms with Gasteiger partial charge in [0.1, 0.15) is 0 Å². The van der Waals surface area contributed by atoms with Crippen LogP contribution in [-0.4, -0.2) is 67.0 Å². The Balaban J connectivity index is 1.66. The first-order chi connectivity index (χ1) is 12.2. The van der Waals surface area contributed by atoms with Crippen LogP contribution in [0.5, 0.6) is 0 Å². The Kier molecular flexibility index (Phi) is 6.45. The summed E-state index contributed by atoms with van der Waals surface area (Å²) in [5.74, 6) is -0.873. The Labute approximate surface area is 153 Å². The molecular weight excluding hydrogens is 338 g/mol. The van der Waals surface area contributed by atoms with Gasteiger partial charge in [0, 0.05) is 37.1 Å². The molecule has 0 aromatic carbocycles. The summed E-state index contributed by atoms with van der Waals surface area (Å²) in [6.07, 6.45) is 3.11. The second-order valence-corrected chi connectivity index (χ2v) is 7.70. The van der Waals surface area contributed by atoms with Gasteiger partial charge in [-0.25, -0.2) is 0 Å². The van der Waals surface area contributed by atoms with Crippen molar-refractivity contribution in [1.29, 1.82) is 0 Å². The fourth-order valence-electron chi connectivity index (χ4n) is 3.65. The van der Waals surface area contributed by atoms with Crippen molar-refractivity contribution < 1.29 is 14.3 Å². The average Bonchev–Trinajstić information content (AvgIpc) is 3.17. The number of nitrogens with one attached hydrogen (secondary N) is 1. The first-order valence-corrected chi connectivity index (χ1v) is 10.00. The topological polar surface area (TPSA) is 61.9 Å². The summed E-state index contributed by atoms with van der Waals surface area (Å²) in [4.78, 5) is 30.1. The van der Waals surface area contributed by atoms with Crippen molar-refractivity contribution in [1.82, 2.24) is 15.1 Å². The van der Waals surface area contributed by atoms with Crippen molar-refractivity contribution in [2.45, 2.75) is 38.3 Å². The molecule has 0 spiro atoms. The van der Waals surface area contributed by atoms with Gasteiger partial charge in [0.15, 0.2) is 0 Å². The summed E-state index contributed by atoms with van der Waals surface area (Å²) >= 11 is 1.69. The molecular formula is C18H27N3O3S. The van der Waals surface area contributed by atoms with E-state index in [2.05, 4.69) is 21.7 Å². The number of carbonyl (C=O) groups is 2. The summed E-state index contributed by atoms with van der Waals surface area (Å²) in [5, 5.41) is 5.01. The second kappa shape index (κ2) is 8.78. The number of hydrogen-bond donors (Lipinski definition) is 1. The molecule has 1 aromatic heterocycles. The third-order valence-electron chi connectivity index (χ3n) is 4.94. The third kappa shape index (κ3) is 4.59. The van der Waals surface area contributed by atoms with Crippen LogP contribution in [0.3, 0.4) is 0 Å². The van der Waals surface area contributed by atoms with Crippen molar-refractivity contribution in [2.24, 2.45) is 0 Å². The fraction of sp³-hybridized carbons (Fsp3) is 0.667. The lowest BCUT2D eigenvalue weighted by Gasteiger charge is -2.37. The van der Waals surface area contributed by atoms with Gasteiger partial charge in [0.05, 0.1) is 19.3 Å². The van der Waals surface area contributed by atoms with E-state index in [9.17, 15) is 9.59 Å². The molecule has 2 amide bonds. The quantitative estimate of drug-likeness (QED) is 0.824. The van der Waals surface area contributed by atoms with Crippen LogP contribution in [0.4, 0.5) is 0 Å². The highest BCUT2D eigenvalue weighted by molar-refractivity contribution is 7.10. The Morgan fingerprint density at radius 2 is 1.88 bits per heavy atom. The van der Waals surface area contributed by atoms with Gasteiger partial charge < -0.3 is 15.0 Å². The lowest BCUT2D eigenvalue weighted by atomic mass is 10.1. The number of nitrogens with zero attached hydrogens (tertiary/aromatic N) is 2. The van der Waals surface area contributed by atoms with Gasteiger partial charge in [-0.05, 0) is 37.6 Å². The highest BCUT2D eigenvalue weighted by atomic mass is 32.1. The molecule has 0 bridgehead atoms. The van der Waals surface area contributed by atoms with E-state index < -0.39 is 11.8 Å². The molecule has 0 radical (unpaired) electrons. The van der Waals surface area contributed by atoms with Crippen LogP contribution in [0.2, 0.25) is 0 Å². The molecule has 2 aliphatic heterocycles. The van der Waals surface area contributed by atoms with Gasteiger partial charge in [-0.1, -0.05) is 6.07 Å². The van der Waals surface area contributed by atoms with Crippen LogP contribution in [0.25, 0.3) is 0 Å². The predicted octanol–water partition coefficient (Wildman–Crippen LogP) is 1.64. The monoisotopic (exact) mass is 365 g/mol. The van der Waals surface area contributed by atoms with Gasteiger partial charge in [0.25, 0.3) is 0 Å². The van der Waals surface area contributed by atoms with E-state index in [1.165, 1.54) is 4.88 Å². The highest BCUT2D eigenvalue weighted by Gasteiger charge is 2.32. The molecule has 7 heteroatoms. The van der Waals surface area contributed by atoms with Crippen LogP contribution >= 0.6 is 11.3 Å². The Morgan fingerprint density at radius 3 is 2.52 bits per heavy atom. The third-order valence-corrected chi connectivity index (χ3v) is 5.89. The lowest BCUT2D eigenvalue weighted by Crippen LogP contribution is -2.52. The van der Waals surface area contributed by atoms with Crippen LogP contribution in [0.15, 0.2) is 17.5 Å². The number of piperidine rings is 1. The molecule has 138 valence electrons. The van der Waals surface area contributed by atoms with Crippen molar-refractivity contribution in [3.63, 3.8) is 0 Å². The van der Waals surface area contributed by atoms with E-state index >= 15 is 0 Å². The van der Waals surface area contributed by atoms with E-state index in [1.807, 2.05) is 13.0 Å². The van der Waals surface area contributed by atoms with E-state index in [0.29, 0.717) is 26.3 Å². The minimum absolute atomic E-state index is 0.0713. The van der Waals surface area contributed by atoms with Gasteiger partial charge in [-0.15, -0.1) is 11.3 Å². The van der Waals surface area contributed by atoms with Gasteiger partial charge in [-0.2, -0.15) is 0 Å². The maximum atomic E-state index is 12.5. The van der Waals surface area contributed by atoms with Crippen molar-refractivity contribution in [2.75, 3.05) is 39.4 Å². The molecule has 0 aliphatic carbocycles. The normalized spacial score (nSPS) is 21.6. The molecule has 3 rings (SSSR count). The fourth-order valence-corrected chi connectivity index (χ4v) is 4.61. The summed E-state index contributed by atoms with van der Waals surface area (Å²) < 4.78 is 5.46. The second-order valence-electron chi connectivity index (χ2n) is 6.72. The van der Waals surface area contributed by atoms with Crippen molar-refractivity contribution in [3.05, 3.63) is 22.4 Å². The van der Waals surface area contributed by atoms with Crippen LogP contribution < -0.4 is 5.32 Å². The Hall–Kier alpha value is -1.44. The molecule has 6 nitrogen and oxygen atoms in total. The zero-order valence-corrected chi connectivity index (χ0v) is 15.6. The number of likely N-dealkylation sites (tertiary alicyclic amines) is 1. The number of morpholine rings is 1. The summed E-state index contributed by atoms with van der Waals surface area (Å²) in [6, 6.07) is 4.06. The zero-order valence-electron chi connectivity index (χ0n) is 14.8. The van der Waals surface area contributed by atoms with E-state index in [1.54, 1.807) is 16.2 Å². The standard InChI is InChI=1S/C18H27N3O3S/c1-14(19-17(22)18(23)21-7-3-2-4-8-21)16(15-6-5-13-25-15)20-9-11-24-12-10-20/h5-6,13-14,16H,2-4,7-12H2,1H3,(H,19,22)/t14-,16-/m1/s1. The molecule has 2 fully saturated rings. The summed E-state index contributed by atoms with van der Waals surface area (Å²) in [7, 11) is 0. The average molecular weight is 365 g/mol. The molecule has 0 saturated carbocycles. The molecule has 1 N–H and O–H groups in total. The number of amides is 2. The number of ether oxygens (including phenoxy) is 1. The Morgan fingerprint density at radius 1 is 1.16 bits per heavy atom.